The lowest BCUT2D eigenvalue weighted by Gasteiger charge is -2.07. The monoisotopic (exact) mass is 259 g/mol. The molecule has 1 aromatic heterocycles. The Bertz CT molecular complexity index is 514. The number of rotatable bonds is 6. The van der Waals surface area contributed by atoms with Gasteiger partial charge < -0.3 is 14.9 Å². The Balaban J connectivity index is 2.02. The second-order valence-corrected chi connectivity index (χ2v) is 3.99. The fourth-order valence-electron chi connectivity index (χ4n) is 1.62. The lowest BCUT2D eigenvalue weighted by Crippen LogP contribution is -2.08. The lowest BCUT2D eigenvalue weighted by atomic mass is 10.1. The molecule has 5 heteroatoms. The first-order chi connectivity index (χ1) is 9.31. The number of hydrogen-bond acceptors (Lipinski definition) is 5. The van der Waals surface area contributed by atoms with E-state index in [-0.39, 0.29) is 0 Å². The lowest BCUT2D eigenvalue weighted by molar-refractivity contribution is 0.202. The maximum atomic E-state index is 5.64. The molecule has 0 spiro atoms. The van der Waals surface area contributed by atoms with Gasteiger partial charge in [0.25, 0.3) is 0 Å². The Morgan fingerprint density at radius 1 is 1.16 bits per heavy atom. The van der Waals surface area contributed by atoms with Crippen molar-refractivity contribution < 1.29 is 9.47 Å². The zero-order chi connectivity index (χ0) is 13.5. The standard InChI is InChI=1S/C14H17N3O2/c1-18-10-9-11-5-7-12(8-6-11)19-14-4-2-3-13(16-14)17-15/h2-8H,9-10,15H2,1H3,(H,16,17). The number of pyridine rings is 1. The first-order valence-electron chi connectivity index (χ1n) is 6.01. The van der Waals surface area contributed by atoms with Crippen LogP contribution in [0.5, 0.6) is 11.6 Å². The van der Waals surface area contributed by atoms with Gasteiger partial charge in [0.2, 0.25) is 5.88 Å². The normalized spacial score (nSPS) is 10.2. The van der Waals surface area contributed by atoms with Gasteiger partial charge in [-0.05, 0) is 30.2 Å². The highest BCUT2D eigenvalue weighted by Gasteiger charge is 2.00. The summed E-state index contributed by atoms with van der Waals surface area (Å²) in [6.07, 6.45) is 0.890. The molecule has 0 fully saturated rings. The largest absolute Gasteiger partial charge is 0.439 e. The molecule has 100 valence electrons. The Morgan fingerprint density at radius 3 is 2.63 bits per heavy atom. The van der Waals surface area contributed by atoms with E-state index in [9.17, 15) is 0 Å². The van der Waals surface area contributed by atoms with Gasteiger partial charge in [0.15, 0.2) is 0 Å². The molecule has 1 aromatic carbocycles. The minimum Gasteiger partial charge on any atom is -0.439 e. The molecule has 2 aromatic rings. The van der Waals surface area contributed by atoms with E-state index >= 15 is 0 Å². The average molecular weight is 259 g/mol. The minimum atomic E-state index is 0.500. The molecule has 0 bridgehead atoms. The summed E-state index contributed by atoms with van der Waals surface area (Å²) in [4.78, 5) is 4.18. The topological polar surface area (TPSA) is 69.4 Å². The summed E-state index contributed by atoms with van der Waals surface area (Å²) >= 11 is 0. The van der Waals surface area contributed by atoms with E-state index in [1.54, 1.807) is 19.2 Å². The van der Waals surface area contributed by atoms with Crippen molar-refractivity contribution in [1.29, 1.82) is 0 Å². The van der Waals surface area contributed by atoms with Crippen LogP contribution in [0.15, 0.2) is 42.5 Å². The molecule has 0 aliphatic heterocycles. The predicted octanol–water partition coefficient (Wildman–Crippen LogP) is 2.35. The van der Waals surface area contributed by atoms with Gasteiger partial charge in [-0.3, -0.25) is 0 Å². The van der Waals surface area contributed by atoms with Crippen molar-refractivity contribution in [2.45, 2.75) is 6.42 Å². The van der Waals surface area contributed by atoms with E-state index in [0.717, 1.165) is 12.2 Å². The number of benzene rings is 1. The molecule has 19 heavy (non-hydrogen) atoms. The number of methoxy groups -OCH3 is 1. The highest BCUT2D eigenvalue weighted by atomic mass is 16.5. The van der Waals surface area contributed by atoms with Gasteiger partial charge in [0, 0.05) is 13.2 Å². The average Bonchev–Trinajstić information content (AvgIpc) is 2.47. The molecule has 0 atom stereocenters. The maximum Gasteiger partial charge on any atom is 0.221 e. The van der Waals surface area contributed by atoms with Crippen molar-refractivity contribution in [1.82, 2.24) is 4.98 Å². The summed E-state index contributed by atoms with van der Waals surface area (Å²) in [7, 11) is 1.70. The molecule has 0 saturated carbocycles. The zero-order valence-corrected chi connectivity index (χ0v) is 10.8. The summed E-state index contributed by atoms with van der Waals surface area (Å²) in [6, 6.07) is 13.2. The van der Waals surface area contributed by atoms with Crippen LogP contribution >= 0.6 is 0 Å². The Morgan fingerprint density at radius 2 is 1.95 bits per heavy atom. The third-order valence-electron chi connectivity index (χ3n) is 2.61. The van der Waals surface area contributed by atoms with Crippen LogP contribution in [0.25, 0.3) is 0 Å². The Labute approximate surface area is 112 Å². The van der Waals surface area contributed by atoms with Crippen molar-refractivity contribution >= 4 is 5.82 Å². The number of nitrogens with zero attached hydrogens (tertiary/aromatic N) is 1. The second-order valence-electron chi connectivity index (χ2n) is 3.99. The highest BCUT2D eigenvalue weighted by molar-refractivity contribution is 5.37. The molecule has 1 heterocycles. The van der Waals surface area contributed by atoms with Gasteiger partial charge in [-0.1, -0.05) is 18.2 Å². The molecule has 0 aliphatic carbocycles. The van der Waals surface area contributed by atoms with Crippen LogP contribution in [0, 0.1) is 0 Å². The first kappa shape index (κ1) is 13.3. The molecule has 0 amide bonds. The summed E-state index contributed by atoms with van der Waals surface area (Å²) in [6.45, 7) is 0.714. The van der Waals surface area contributed by atoms with Gasteiger partial charge in [-0.25, -0.2) is 5.84 Å². The fraction of sp³-hybridized carbons (Fsp3) is 0.214. The summed E-state index contributed by atoms with van der Waals surface area (Å²) in [5, 5.41) is 0. The van der Waals surface area contributed by atoms with Crippen LogP contribution in [0.4, 0.5) is 5.82 Å². The Hall–Kier alpha value is -2.11. The van der Waals surface area contributed by atoms with Crippen LogP contribution in [-0.2, 0) is 11.2 Å². The third kappa shape index (κ3) is 3.94. The van der Waals surface area contributed by atoms with Crippen molar-refractivity contribution in [3.8, 4) is 11.6 Å². The molecule has 0 radical (unpaired) electrons. The number of ether oxygens (including phenoxy) is 2. The smallest absolute Gasteiger partial charge is 0.221 e. The van der Waals surface area contributed by atoms with Crippen LogP contribution in [-0.4, -0.2) is 18.7 Å². The van der Waals surface area contributed by atoms with Gasteiger partial charge in [-0.15, -0.1) is 0 Å². The second kappa shape index (κ2) is 6.72. The van der Waals surface area contributed by atoms with Gasteiger partial charge in [-0.2, -0.15) is 4.98 Å². The molecule has 2 rings (SSSR count). The van der Waals surface area contributed by atoms with E-state index in [2.05, 4.69) is 10.4 Å². The van der Waals surface area contributed by atoms with Gasteiger partial charge >= 0.3 is 0 Å². The quantitative estimate of drug-likeness (QED) is 0.615. The zero-order valence-electron chi connectivity index (χ0n) is 10.8. The van der Waals surface area contributed by atoms with Crippen LogP contribution in [0.3, 0.4) is 0 Å². The first-order valence-corrected chi connectivity index (χ1v) is 6.01. The molecular formula is C14H17N3O2. The number of hydrazine groups is 1. The number of nitrogens with one attached hydrogen (secondary N) is 1. The molecule has 0 saturated heterocycles. The summed E-state index contributed by atoms with van der Waals surface area (Å²) in [5.74, 6) is 7.10. The molecule has 0 unspecified atom stereocenters. The van der Waals surface area contributed by atoms with Gasteiger partial charge in [0.1, 0.15) is 11.6 Å². The summed E-state index contributed by atoms with van der Waals surface area (Å²) < 4.78 is 10.7. The van der Waals surface area contributed by atoms with Crippen LogP contribution < -0.4 is 16.0 Å². The van der Waals surface area contributed by atoms with Crippen molar-refractivity contribution in [2.24, 2.45) is 5.84 Å². The van der Waals surface area contributed by atoms with Gasteiger partial charge in [0.05, 0.1) is 6.61 Å². The van der Waals surface area contributed by atoms with E-state index in [1.165, 1.54) is 5.56 Å². The van der Waals surface area contributed by atoms with Crippen molar-refractivity contribution in [2.75, 3.05) is 19.1 Å². The van der Waals surface area contributed by atoms with E-state index in [0.29, 0.717) is 18.3 Å². The third-order valence-corrected chi connectivity index (χ3v) is 2.61. The van der Waals surface area contributed by atoms with E-state index < -0.39 is 0 Å². The highest BCUT2D eigenvalue weighted by Crippen LogP contribution is 2.21. The van der Waals surface area contributed by atoms with E-state index in [1.807, 2.05) is 30.3 Å². The van der Waals surface area contributed by atoms with E-state index in [4.69, 9.17) is 15.3 Å². The predicted molar refractivity (Wildman–Crippen MR) is 74.1 cm³/mol. The minimum absolute atomic E-state index is 0.500. The maximum absolute atomic E-state index is 5.64. The molecule has 3 N–H and O–H groups in total. The summed E-state index contributed by atoms with van der Waals surface area (Å²) in [5.41, 5.74) is 3.69. The number of anilines is 1. The molecule has 0 aliphatic rings. The van der Waals surface area contributed by atoms with Crippen molar-refractivity contribution in [3.63, 3.8) is 0 Å². The number of hydrogen-bond donors (Lipinski definition) is 2. The fourth-order valence-corrected chi connectivity index (χ4v) is 1.62. The number of aromatic nitrogens is 1. The van der Waals surface area contributed by atoms with Crippen LogP contribution in [0.1, 0.15) is 5.56 Å². The SMILES string of the molecule is COCCc1ccc(Oc2cccc(NN)n2)cc1. The van der Waals surface area contributed by atoms with Crippen molar-refractivity contribution in [3.05, 3.63) is 48.0 Å². The number of nitrogens with two attached hydrogens (primary N) is 1. The molecular weight excluding hydrogens is 242 g/mol. The Kier molecular flexibility index (Phi) is 4.72. The van der Waals surface area contributed by atoms with Crippen LogP contribution in [0.2, 0.25) is 0 Å². The molecule has 5 nitrogen and oxygen atoms in total. The number of nitrogen functional groups attached to an aromatic ring is 1.